The molecule has 146 valence electrons. The lowest BCUT2D eigenvalue weighted by Crippen LogP contribution is -2.58. The van der Waals surface area contributed by atoms with Gasteiger partial charge < -0.3 is 10.1 Å². The lowest BCUT2D eigenvalue weighted by atomic mass is 9.75. The lowest BCUT2D eigenvalue weighted by Gasteiger charge is -2.37. The van der Waals surface area contributed by atoms with Crippen molar-refractivity contribution in [1.29, 1.82) is 0 Å². The first-order valence-corrected chi connectivity index (χ1v) is 8.96. The second kappa shape index (κ2) is 6.81. The van der Waals surface area contributed by atoms with Gasteiger partial charge >= 0.3 is 5.92 Å². The zero-order chi connectivity index (χ0) is 20.6. The molecule has 3 aromatic carbocycles. The van der Waals surface area contributed by atoms with Gasteiger partial charge in [-0.1, -0.05) is 60.7 Å². The van der Waals surface area contributed by atoms with Crippen molar-refractivity contribution in [3.63, 3.8) is 0 Å². The minimum Gasteiger partial charge on any atom is -0.497 e. The van der Waals surface area contributed by atoms with Gasteiger partial charge in [-0.25, -0.2) is 0 Å². The first-order valence-electron chi connectivity index (χ1n) is 8.96. The molecule has 0 aromatic heterocycles. The zero-order valence-corrected chi connectivity index (χ0v) is 15.5. The molecule has 1 amide bonds. The maximum atomic E-state index is 16.0. The van der Waals surface area contributed by atoms with Crippen LogP contribution in [0.1, 0.15) is 31.8 Å². The number of hydrogen-bond acceptors (Lipinski definition) is 3. The molecule has 0 fully saturated rings. The predicted octanol–water partition coefficient (Wildman–Crippen LogP) is 4.20. The minimum absolute atomic E-state index is 0.0486. The highest BCUT2D eigenvalue weighted by Crippen LogP contribution is 2.49. The summed E-state index contributed by atoms with van der Waals surface area (Å²) in [7, 11) is 1.42. The molecular formula is C23H17F2NO3. The van der Waals surface area contributed by atoms with Crippen molar-refractivity contribution >= 4 is 11.7 Å². The van der Waals surface area contributed by atoms with Crippen LogP contribution in [0.25, 0.3) is 0 Å². The summed E-state index contributed by atoms with van der Waals surface area (Å²) in [6, 6.07) is 19.4. The van der Waals surface area contributed by atoms with Crippen LogP contribution in [0.3, 0.4) is 0 Å². The van der Waals surface area contributed by atoms with Gasteiger partial charge in [0.2, 0.25) is 5.78 Å². The Morgan fingerprint density at radius 3 is 2.38 bits per heavy atom. The molecule has 29 heavy (non-hydrogen) atoms. The van der Waals surface area contributed by atoms with Crippen LogP contribution in [0.4, 0.5) is 8.78 Å². The molecule has 0 saturated heterocycles. The number of ketones is 1. The molecule has 1 N–H and O–H groups in total. The fourth-order valence-corrected chi connectivity index (χ4v) is 3.77. The molecule has 6 heteroatoms. The van der Waals surface area contributed by atoms with Crippen molar-refractivity contribution in [1.82, 2.24) is 5.32 Å². The van der Waals surface area contributed by atoms with Crippen LogP contribution in [0, 0.1) is 0 Å². The number of amides is 1. The summed E-state index contributed by atoms with van der Waals surface area (Å²) in [4.78, 5) is 25.6. The summed E-state index contributed by atoms with van der Waals surface area (Å²) in [6.07, 6.45) is 0. The number of methoxy groups -OCH3 is 1. The largest absolute Gasteiger partial charge is 0.497 e. The maximum Gasteiger partial charge on any atom is 0.340 e. The van der Waals surface area contributed by atoms with Gasteiger partial charge in [0.25, 0.3) is 5.91 Å². The molecule has 1 heterocycles. The number of halogens is 2. The second-order valence-corrected chi connectivity index (χ2v) is 6.75. The van der Waals surface area contributed by atoms with Crippen LogP contribution in [0.15, 0.2) is 78.9 Å². The molecule has 1 aliphatic heterocycles. The Hall–Kier alpha value is -3.54. The summed E-state index contributed by atoms with van der Waals surface area (Å²) in [6.45, 7) is 0. The number of fused-ring (bicyclic) bond motifs is 1. The first-order chi connectivity index (χ1) is 13.9. The van der Waals surface area contributed by atoms with E-state index in [1.807, 2.05) is 0 Å². The number of nitrogens with one attached hydrogen (secondary N) is 1. The van der Waals surface area contributed by atoms with Crippen LogP contribution < -0.4 is 10.1 Å². The Labute approximate surface area is 166 Å². The number of hydrogen-bond donors (Lipinski definition) is 1. The van der Waals surface area contributed by atoms with Gasteiger partial charge in [-0.15, -0.1) is 0 Å². The molecule has 3 aromatic rings. The number of rotatable bonds is 5. The van der Waals surface area contributed by atoms with E-state index in [2.05, 4.69) is 5.32 Å². The topological polar surface area (TPSA) is 55.4 Å². The normalized spacial score (nSPS) is 18.1. The molecular weight excluding hydrogens is 376 g/mol. The van der Waals surface area contributed by atoms with E-state index in [9.17, 15) is 9.59 Å². The van der Waals surface area contributed by atoms with Gasteiger partial charge in [0.15, 0.2) is 5.54 Å². The van der Waals surface area contributed by atoms with Gasteiger partial charge in [-0.3, -0.25) is 9.59 Å². The van der Waals surface area contributed by atoms with E-state index < -0.39 is 23.2 Å². The summed E-state index contributed by atoms with van der Waals surface area (Å²) in [5.41, 5.74) is -2.28. The Balaban J connectivity index is 2.00. The molecule has 4 rings (SSSR count). The Bertz CT molecular complexity index is 1100. The Kier molecular flexibility index (Phi) is 4.42. The molecule has 0 bridgehead atoms. The van der Waals surface area contributed by atoms with E-state index in [0.717, 1.165) is 0 Å². The molecule has 0 radical (unpaired) electrons. The lowest BCUT2D eigenvalue weighted by molar-refractivity contribution is -0.0412. The minimum atomic E-state index is -3.97. The number of carbonyl (C=O) groups is 2. The predicted molar refractivity (Wildman–Crippen MR) is 103 cm³/mol. The fraction of sp³-hybridized carbons (Fsp3) is 0.130. The third kappa shape index (κ3) is 2.71. The number of benzene rings is 3. The maximum absolute atomic E-state index is 16.0. The average molecular weight is 393 g/mol. The van der Waals surface area contributed by atoms with E-state index in [-0.39, 0.29) is 22.3 Å². The third-order valence-electron chi connectivity index (χ3n) is 5.17. The summed E-state index contributed by atoms with van der Waals surface area (Å²) >= 11 is 0. The molecule has 0 spiro atoms. The SMILES string of the molecule is COc1cccc(C2(C(F)(F)C(=O)c3ccccc3)NC(=O)c3ccccc32)c1. The number of carbonyl (C=O) groups excluding carboxylic acids is 2. The highest BCUT2D eigenvalue weighted by molar-refractivity contribution is 6.07. The second-order valence-electron chi connectivity index (χ2n) is 6.75. The van der Waals surface area contributed by atoms with Gasteiger partial charge in [0, 0.05) is 16.7 Å². The highest BCUT2D eigenvalue weighted by Gasteiger charge is 2.65. The number of Topliss-reactive ketones (excluding diaryl/α,β-unsaturated/α-hetero) is 1. The van der Waals surface area contributed by atoms with Crippen molar-refractivity contribution in [3.05, 3.63) is 101 Å². The third-order valence-corrected chi connectivity index (χ3v) is 5.17. The van der Waals surface area contributed by atoms with E-state index in [1.165, 1.54) is 55.6 Å². The number of ether oxygens (including phenoxy) is 1. The van der Waals surface area contributed by atoms with Crippen LogP contribution in [-0.2, 0) is 5.54 Å². The van der Waals surface area contributed by atoms with Crippen LogP contribution >= 0.6 is 0 Å². The standard InChI is InChI=1S/C23H17F2NO3/c1-29-17-11-7-10-16(14-17)22(19-13-6-5-12-18(19)21(28)26-22)23(24,25)20(27)15-8-3-2-4-9-15/h2-14H,1H3,(H,26,28). The van der Waals surface area contributed by atoms with E-state index >= 15 is 8.78 Å². The summed E-state index contributed by atoms with van der Waals surface area (Å²) in [5, 5.41) is 2.43. The molecule has 1 aliphatic rings. The monoisotopic (exact) mass is 393 g/mol. The van der Waals surface area contributed by atoms with Crippen molar-refractivity contribution in [2.24, 2.45) is 0 Å². The molecule has 1 atom stereocenters. The zero-order valence-electron chi connectivity index (χ0n) is 15.5. The van der Waals surface area contributed by atoms with Crippen LogP contribution in [-0.4, -0.2) is 24.7 Å². The summed E-state index contributed by atoms with van der Waals surface area (Å²) < 4.78 is 37.3. The summed E-state index contributed by atoms with van der Waals surface area (Å²) in [5.74, 6) is -5.67. The fourth-order valence-electron chi connectivity index (χ4n) is 3.77. The highest BCUT2D eigenvalue weighted by atomic mass is 19.3. The van der Waals surface area contributed by atoms with Crippen LogP contribution in [0.2, 0.25) is 0 Å². The van der Waals surface area contributed by atoms with Gasteiger partial charge in [0.05, 0.1) is 7.11 Å². The van der Waals surface area contributed by atoms with Crippen molar-refractivity contribution in [2.45, 2.75) is 11.5 Å². The van der Waals surface area contributed by atoms with E-state index in [4.69, 9.17) is 4.74 Å². The van der Waals surface area contributed by atoms with Crippen molar-refractivity contribution in [3.8, 4) is 5.75 Å². The number of alkyl halides is 2. The van der Waals surface area contributed by atoms with Crippen LogP contribution in [0.5, 0.6) is 5.75 Å². The van der Waals surface area contributed by atoms with Gasteiger partial charge in [-0.2, -0.15) is 8.78 Å². The Morgan fingerprint density at radius 1 is 0.966 bits per heavy atom. The van der Waals surface area contributed by atoms with Crippen molar-refractivity contribution in [2.75, 3.05) is 7.11 Å². The molecule has 4 nitrogen and oxygen atoms in total. The first kappa shape index (κ1) is 18.8. The molecule has 0 saturated carbocycles. The smallest absolute Gasteiger partial charge is 0.340 e. The molecule has 0 aliphatic carbocycles. The van der Waals surface area contributed by atoms with Crippen molar-refractivity contribution < 1.29 is 23.1 Å². The Morgan fingerprint density at radius 2 is 1.66 bits per heavy atom. The van der Waals surface area contributed by atoms with E-state index in [0.29, 0.717) is 5.75 Å². The van der Waals surface area contributed by atoms with E-state index in [1.54, 1.807) is 30.3 Å². The quantitative estimate of drug-likeness (QED) is 0.661. The average Bonchev–Trinajstić information content (AvgIpc) is 3.08. The molecule has 1 unspecified atom stereocenters. The van der Waals surface area contributed by atoms with Gasteiger partial charge in [-0.05, 0) is 23.8 Å². The van der Waals surface area contributed by atoms with Gasteiger partial charge in [0.1, 0.15) is 5.75 Å².